The highest BCUT2D eigenvalue weighted by Crippen LogP contribution is 2.35. The standard InChI is InChI=1S/C18H27BrN2OS/c1-4-20-13-14-9-11-21(12-10-14)17(22)18(2,3)23-16-7-5-15(19)6-8-16/h5-8,14,20H,4,9-13H2,1-3H3. The fraction of sp³-hybridized carbons (Fsp3) is 0.611. The van der Waals surface area contributed by atoms with E-state index in [0.29, 0.717) is 5.92 Å². The quantitative estimate of drug-likeness (QED) is 0.729. The van der Waals surface area contributed by atoms with Crippen LogP contribution in [-0.2, 0) is 4.79 Å². The maximum absolute atomic E-state index is 12.9. The average molecular weight is 399 g/mol. The highest BCUT2D eigenvalue weighted by atomic mass is 79.9. The van der Waals surface area contributed by atoms with Gasteiger partial charge in [0, 0.05) is 22.5 Å². The first-order chi connectivity index (χ1) is 10.9. The summed E-state index contributed by atoms with van der Waals surface area (Å²) in [6, 6.07) is 8.17. The van der Waals surface area contributed by atoms with Crippen LogP contribution in [0.4, 0.5) is 0 Å². The number of thioether (sulfide) groups is 1. The van der Waals surface area contributed by atoms with Gasteiger partial charge in [-0.1, -0.05) is 22.9 Å². The molecule has 1 aliphatic heterocycles. The summed E-state index contributed by atoms with van der Waals surface area (Å²) >= 11 is 5.10. The van der Waals surface area contributed by atoms with Crippen LogP contribution in [0.2, 0.25) is 0 Å². The first-order valence-corrected chi connectivity index (χ1v) is 9.98. The van der Waals surface area contributed by atoms with Crippen LogP contribution < -0.4 is 5.32 Å². The lowest BCUT2D eigenvalue weighted by Crippen LogP contribution is -2.47. The minimum atomic E-state index is -0.428. The van der Waals surface area contributed by atoms with Crippen molar-refractivity contribution in [3.63, 3.8) is 0 Å². The molecule has 0 radical (unpaired) electrons. The van der Waals surface area contributed by atoms with Crippen LogP contribution in [0.15, 0.2) is 33.6 Å². The van der Waals surface area contributed by atoms with E-state index < -0.39 is 4.75 Å². The first kappa shape index (κ1) is 18.8. The summed E-state index contributed by atoms with van der Waals surface area (Å²) in [4.78, 5) is 16.1. The van der Waals surface area contributed by atoms with Crippen molar-refractivity contribution >= 4 is 33.6 Å². The smallest absolute Gasteiger partial charge is 0.238 e. The Kier molecular flexibility index (Phi) is 6.99. The summed E-state index contributed by atoms with van der Waals surface area (Å²) in [6.07, 6.45) is 2.22. The third kappa shape index (κ3) is 5.50. The van der Waals surface area contributed by atoms with Crippen molar-refractivity contribution < 1.29 is 4.79 Å². The highest BCUT2D eigenvalue weighted by Gasteiger charge is 2.34. The third-order valence-corrected chi connectivity index (χ3v) is 6.01. The Labute approximate surface area is 152 Å². The van der Waals surface area contributed by atoms with Crippen molar-refractivity contribution in [3.8, 4) is 0 Å². The lowest BCUT2D eigenvalue weighted by Gasteiger charge is -2.36. The number of halogens is 1. The van der Waals surface area contributed by atoms with E-state index in [1.165, 1.54) is 0 Å². The molecule has 1 heterocycles. The predicted octanol–water partition coefficient (Wildman–Crippen LogP) is 4.17. The van der Waals surface area contributed by atoms with E-state index in [1.54, 1.807) is 11.8 Å². The molecule has 128 valence electrons. The Morgan fingerprint density at radius 3 is 2.48 bits per heavy atom. The van der Waals surface area contributed by atoms with Crippen LogP contribution in [0.1, 0.15) is 33.6 Å². The van der Waals surface area contributed by atoms with Gasteiger partial charge in [0.2, 0.25) is 5.91 Å². The molecule has 0 aromatic heterocycles. The Balaban J connectivity index is 1.90. The molecule has 0 saturated carbocycles. The molecule has 0 spiro atoms. The zero-order valence-corrected chi connectivity index (χ0v) is 16.7. The summed E-state index contributed by atoms with van der Waals surface area (Å²) in [5.41, 5.74) is 0. The zero-order chi connectivity index (χ0) is 16.9. The Morgan fingerprint density at radius 1 is 1.30 bits per heavy atom. The van der Waals surface area contributed by atoms with Crippen LogP contribution >= 0.6 is 27.7 Å². The topological polar surface area (TPSA) is 32.3 Å². The van der Waals surface area contributed by atoms with Crippen molar-refractivity contribution in [2.75, 3.05) is 26.2 Å². The summed E-state index contributed by atoms with van der Waals surface area (Å²) in [7, 11) is 0. The number of piperidine rings is 1. The molecule has 0 aliphatic carbocycles. The Morgan fingerprint density at radius 2 is 1.91 bits per heavy atom. The van der Waals surface area contributed by atoms with E-state index in [1.807, 2.05) is 30.9 Å². The maximum atomic E-state index is 12.9. The van der Waals surface area contributed by atoms with Gasteiger partial charge in [-0.25, -0.2) is 0 Å². The summed E-state index contributed by atoms with van der Waals surface area (Å²) < 4.78 is 0.635. The lowest BCUT2D eigenvalue weighted by atomic mass is 9.96. The number of benzene rings is 1. The molecule has 5 heteroatoms. The second kappa shape index (κ2) is 8.54. The van der Waals surface area contributed by atoms with Crippen LogP contribution in [0.5, 0.6) is 0 Å². The minimum absolute atomic E-state index is 0.257. The summed E-state index contributed by atoms with van der Waals surface area (Å²) in [5, 5.41) is 3.42. The van der Waals surface area contributed by atoms with Gasteiger partial charge in [-0.2, -0.15) is 0 Å². The number of hydrogen-bond donors (Lipinski definition) is 1. The molecule has 0 unspecified atom stereocenters. The van der Waals surface area contributed by atoms with Gasteiger partial charge >= 0.3 is 0 Å². The molecule has 1 aromatic rings. The molecule has 1 fully saturated rings. The number of nitrogens with zero attached hydrogens (tertiary/aromatic N) is 1. The van der Waals surface area contributed by atoms with E-state index in [9.17, 15) is 4.79 Å². The van der Waals surface area contributed by atoms with Crippen molar-refractivity contribution in [1.29, 1.82) is 0 Å². The molecular formula is C18H27BrN2OS. The zero-order valence-electron chi connectivity index (χ0n) is 14.3. The van der Waals surface area contributed by atoms with Gasteiger partial charge in [-0.15, -0.1) is 11.8 Å². The largest absolute Gasteiger partial charge is 0.341 e. The fourth-order valence-corrected chi connectivity index (χ4v) is 4.25. The molecular weight excluding hydrogens is 372 g/mol. The van der Waals surface area contributed by atoms with E-state index in [2.05, 4.69) is 40.3 Å². The molecule has 1 aliphatic rings. The molecule has 1 amide bonds. The first-order valence-electron chi connectivity index (χ1n) is 8.37. The molecule has 1 aromatic carbocycles. The van der Waals surface area contributed by atoms with Gasteiger partial charge in [0.25, 0.3) is 0 Å². The van der Waals surface area contributed by atoms with Crippen molar-refractivity contribution in [2.45, 2.75) is 43.3 Å². The van der Waals surface area contributed by atoms with Crippen LogP contribution in [-0.4, -0.2) is 41.7 Å². The molecule has 1 saturated heterocycles. The normalized spacial score (nSPS) is 16.6. The van der Waals surface area contributed by atoms with Crippen LogP contribution in [0.25, 0.3) is 0 Å². The number of nitrogens with one attached hydrogen (secondary N) is 1. The number of hydrogen-bond acceptors (Lipinski definition) is 3. The second-order valence-corrected chi connectivity index (χ2v) is 9.22. The second-order valence-electron chi connectivity index (χ2n) is 6.61. The maximum Gasteiger partial charge on any atom is 0.238 e. The van der Waals surface area contributed by atoms with E-state index in [4.69, 9.17) is 0 Å². The number of rotatable bonds is 6. The van der Waals surface area contributed by atoms with Gasteiger partial charge in [0.05, 0.1) is 4.75 Å². The molecule has 23 heavy (non-hydrogen) atoms. The minimum Gasteiger partial charge on any atom is -0.341 e. The van der Waals surface area contributed by atoms with E-state index in [0.717, 1.165) is 48.4 Å². The molecule has 1 N–H and O–H groups in total. The predicted molar refractivity (Wildman–Crippen MR) is 102 cm³/mol. The van der Waals surface area contributed by atoms with Crippen LogP contribution in [0.3, 0.4) is 0 Å². The SMILES string of the molecule is CCNCC1CCN(C(=O)C(C)(C)Sc2ccc(Br)cc2)CC1. The van der Waals surface area contributed by atoms with Gasteiger partial charge < -0.3 is 10.2 Å². The summed E-state index contributed by atoms with van der Waals surface area (Å²) in [6.45, 7) is 10.1. The Bertz CT molecular complexity index is 510. The van der Waals surface area contributed by atoms with Crippen LogP contribution in [0, 0.1) is 5.92 Å². The van der Waals surface area contributed by atoms with E-state index >= 15 is 0 Å². The van der Waals surface area contributed by atoms with Gasteiger partial charge in [0.15, 0.2) is 0 Å². The van der Waals surface area contributed by atoms with E-state index in [-0.39, 0.29) is 5.91 Å². The molecule has 2 rings (SSSR count). The van der Waals surface area contributed by atoms with Crippen molar-refractivity contribution in [1.82, 2.24) is 10.2 Å². The average Bonchev–Trinajstić information content (AvgIpc) is 2.54. The van der Waals surface area contributed by atoms with Gasteiger partial charge in [-0.3, -0.25) is 4.79 Å². The number of carbonyl (C=O) groups is 1. The highest BCUT2D eigenvalue weighted by molar-refractivity contribution is 9.10. The fourth-order valence-electron chi connectivity index (χ4n) is 2.91. The van der Waals surface area contributed by atoms with Gasteiger partial charge in [-0.05, 0) is 70.0 Å². The monoisotopic (exact) mass is 398 g/mol. The number of likely N-dealkylation sites (tertiary alicyclic amines) is 1. The lowest BCUT2D eigenvalue weighted by molar-refractivity contribution is -0.134. The molecule has 0 atom stereocenters. The Hall–Kier alpha value is -0.520. The van der Waals surface area contributed by atoms with Crippen molar-refractivity contribution in [3.05, 3.63) is 28.7 Å². The third-order valence-electron chi connectivity index (χ3n) is 4.29. The van der Waals surface area contributed by atoms with Crippen molar-refractivity contribution in [2.24, 2.45) is 5.92 Å². The summed E-state index contributed by atoms with van der Waals surface area (Å²) in [5.74, 6) is 0.966. The number of amides is 1. The van der Waals surface area contributed by atoms with Gasteiger partial charge in [0.1, 0.15) is 0 Å². The number of carbonyl (C=O) groups excluding carboxylic acids is 1. The molecule has 0 bridgehead atoms. The molecule has 3 nitrogen and oxygen atoms in total.